The second-order valence-electron chi connectivity index (χ2n) is 39.2. The second kappa shape index (κ2) is 38.6. The Balaban J connectivity index is 0.762. The van der Waals surface area contributed by atoms with Crippen molar-refractivity contribution in [2.45, 2.75) is 379 Å². The highest BCUT2D eigenvalue weighted by atomic mass is 16.8. The van der Waals surface area contributed by atoms with Crippen molar-refractivity contribution < 1.29 is 202 Å². The summed E-state index contributed by atoms with van der Waals surface area (Å²) in [5.41, 5.74) is -5.09. The number of hydrogen-bond donors (Lipinski definition) is 22. The summed E-state index contributed by atoms with van der Waals surface area (Å²) in [4.78, 5) is 30.2. The molecule has 716 valence electrons. The van der Waals surface area contributed by atoms with E-state index in [-0.39, 0.29) is 43.1 Å². The zero-order chi connectivity index (χ0) is 91.4. The summed E-state index contributed by atoms with van der Waals surface area (Å²) in [6.45, 7) is 18.5. The van der Waals surface area contributed by atoms with E-state index < -0.39 is 336 Å². The predicted octanol–water partition coefficient (Wildman–Crippen LogP) is -5.97. The van der Waals surface area contributed by atoms with Gasteiger partial charge in [0.2, 0.25) is 6.29 Å². The largest absolute Gasteiger partial charge is 0.459 e. The molecule has 0 aromatic rings. The lowest BCUT2D eigenvalue weighted by molar-refractivity contribution is -0.401. The molecule has 4 saturated carbocycles. The van der Waals surface area contributed by atoms with Gasteiger partial charge >= 0.3 is 11.9 Å². The third-order valence-electron chi connectivity index (χ3n) is 30.3. The van der Waals surface area contributed by atoms with E-state index in [9.17, 15) is 117 Å². The van der Waals surface area contributed by atoms with Crippen LogP contribution >= 0.6 is 0 Å². The van der Waals surface area contributed by atoms with Gasteiger partial charge < -0.3 is 193 Å². The van der Waals surface area contributed by atoms with Crippen molar-refractivity contribution >= 4 is 11.9 Å². The normalized spacial score (nSPS) is 51.2. The Morgan fingerprint density at radius 2 is 1.01 bits per heavy atom. The minimum absolute atomic E-state index is 0.0274. The van der Waals surface area contributed by atoms with E-state index in [4.69, 9.17) is 80.5 Å². The first kappa shape index (κ1) is 99.2. The molecule has 13 rings (SSSR count). The first-order chi connectivity index (χ1) is 58.6. The molecule has 46 unspecified atom stereocenters. The van der Waals surface area contributed by atoms with Crippen LogP contribution in [0.15, 0.2) is 36.0 Å². The molecule has 0 spiro atoms. The van der Waals surface area contributed by atoms with Crippen molar-refractivity contribution in [1.82, 2.24) is 0 Å². The second-order valence-corrected chi connectivity index (χ2v) is 39.2. The number of allylic oxidation sites excluding steroid dienone is 3. The molecular formula is C84H134O41. The van der Waals surface area contributed by atoms with Gasteiger partial charge in [0, 0.05) is 5.57 Å². The summed E-state index contributed by atoms with van der Waals surface area (Å²) in [6, 6.07) is 0. The zero-order valence-corrected chi connectivity index (χ0v) is 71.9. The molecule has 8 saturated heterocycles. The monoisotopic (exact) mass is 1800 g/mol. The summed E-state index contributed by atoms with van der Waals surface area (Å²) >= 11 is 0. The summed E-state index contributed by atoms with van der Waals surface area (Å²) in [6.07, 6.45) is -58.3. The Bertz CT molecular complexity index is 3710. The number of rotatable bonds is 25. The maximum atomic E-state index is 16.4. The Morgan fingerprint density at radius 1 is 0.504 bits per heavy atom. The molecule has 41 heteroatoms. The summed E-state index contributed by atoms with van der Waals surface area (Å²) in [5.74, 6) is -2.83. The van der Waals surface area contributed by atoms with Crippen molar-refractivity contribution in [3.05, 3.63) is 36.0 Å². The van der Waals surface area contributed by atoms with E-state index in [0.29, 0.717) is 44.9 Å². The lowest BCUT2D eigenvalue weighted by Crippen LogP contribution is -2.69. The maximum Gasteiger partial charge on any atom is 0.333 e. The quantitative estimate of drug-likeness (QED) is 0.0175. The Labute approximate surface area is 723 Å². The van der Waals surface area contributed by atoms with E-state index in [2.05, 4.69) is 61.1 Å². The van der Waals surface area contributed by atoms with Crippen LogP contribution in [0.3, 0.4) is 0 Å². The van der Waals surface area contributed by atoms with E-state index in [1.54, 1.807) is 0 Å². The molecule has 125 heavy (non-hydrogen) atoms. The van der Waals surface area contributed by atoms with Crippen molar-refractivity contribution in [2.24, 2.45) is 50.2 Å². The molecular weight excluding hydrogens is 1660 g/mol. The van der Waals surface area contributed by atoms with Crippen LogP contribution < -0.4 is 0 Å². The average Bonchev–Trinajstić information content (AvgIpc) is 0.669. The van der Waals surface area contributed by atoms with Crippen LogP contribution in [0.25, 0.3) is 0 Å². The van der Waals surface area contributed by atoms with Crippen LogP contribution in [0.5, 0.6) is 0 Å². The van der Waals surface area contributed by atoms with Crippen LogP contribution in [0, 0.1) is 50.2 Å². The Hall–Kier alpha value is -3.32. The molecule has 0 bridgehead atoms. The summed E-state index contributed by atoms with van der Waals surface area (Å²) in [5, 5.41) is 246. The van der Waals surface area contributed by atoms with Crippen molar-refractivity contribution in [3.63, 3.8) is 0 Å². The zero-order valence-electron chi connectivity index (χ0n) is 71.9. The average molecular weight is 1800 g/mol. The van der Waals surface area contributed by atoms with Gasteiger partial charge in [0.15, 0.2) is 50.1 Å². The fourth-order valence-corrected chi connectivity index (χ4v) is 22.3. The fraction of sp³-hybridized carbons (Fsp3) is 0.905. The van der Waals surface area contributed by atoms with Crippen LogP contribution in [0.2, 0.25) is 0 Å². The Morgan fingerprint density at radius 3 is 1.63 bits per heavy atom. The van der Waals surface area contributed by atoms with E-state index in [1.165, 1.54) is 32.9 Å². The van der Waals surface area contributed by atoms with E-state index in [1.807, 2.05) is 0 Å². The predicted molar refractivity (Wildman–Crippen MR) is 417 cm³/mol. The van der Waals surface area contributed by atoms with E-state index >= 15 is 4.79 Å². The number of fused-ring (bicyclic) bond motifs is 7. The molecule has 5 aliphatic carbocycles. The van der Waals surface area contributed by atoms with Gasteiger partial charge in [-0.2, -0.15) is 0 Å². The smallest absolute Gasteiger partial charge is 0.333 e. The van der Waals surface area contributed by atoms with Gasteiger partial charge in [-0.25, -0.2) is 4.79 Å². The van der Waals surface area contributed by atoms with Crippen molar-refractivity contribution in [3.8, 4) is 0 Å². The van der Waals surface area contributed by atoms with E-state index in [0.717, 1.165) is 5.57 Å². The molecule has 0 aromatic heterocycles. The van der Waals surface area contributed by atoms with Crippen LogP contribution in [0.4, 0.5) is 0 Å². The van der Waals surface area contributed by atoms with Gasteiger partial charge in [-0.05, 0) is 136 Å². The minimum atomic E-state index is -2.25. The molecule has 8 aliphatic heterocycles. The number of aliphatic hydroxyl groups is 22. The molecule has 41 nitrogen and oxygen atoms in total. The van der Waals surface area contributed by atoms with Gasteiger partial charge in [0.1, 0.15) is 171 Å². The Kier molecular flexibility index (Phi) is 30.6. The van der Waals surface area contributed by atoms with Gasteiger partial charge in [-0.1, -0.05) is 72.3 Å². The molecule has 22 N–H and O–H groups in total. The molecule has 0 aromatic carbocycles. The summed E-state index contributed by atoms with van der Waals surface area (Å²) < 4.78 is 103. The van der Waals surface area contributed by atoms with Crippen LogP contribution in [-0.4, -0.2) is 410 Å². The van der Waals surface area contributed by atoms with Gasteiger partial charge in [0.25, 0.3) is 0 Å². The standard InChI is InChI=1S/C84H134O41/c1-12-80(8,108)19-13-14-33(2)68(106)109-31-42-53(96)56(99)66(124-75-67(123-73-60(103)54(97)51(94)41(26-85)116-73)61(104)63(34(3)115-75)120-71-62(105)64(40(89)30-112-71)121-69-57(100)48(91)37(86)27-110-69)76(118-42)125-77(107)84-23-22-78(4,5)24-36(84)35-15-16-45-81(9)20-18-47(79(6,7)44(81)17-21-82(45,10)83(35,11)25-46(84)90)119-72-59(102)55(98)52(95)43(117-72)32-114-74-65(50(93)39(88)29-113-74)122-70-58(101)49(92)38(87)28-111-70/h12,14-15,34,36-67,69-76,85-105,108H,1,13,16-32H2,2-11H3. The number of carbonyl (C=O) groups is 2. The highest BCUT2D eigenvalue weighted by molar-refractivity contribution is 5.87. The lowest BCUT2D eigenvalue weighted by Gasteiger charge is -2.71. The SMILES string of the molecule is C=CC(C)(O)CCC=C(C)C(=O)OCC1OC(OC(=O)C23CCC(C)(C)CC2C2=CCC4C5(C)CCC(OC6OC(COC7OCC(O)C(O)C7OC7OCC(O)C(O)C7O)C(O)C(O)C6O)C(C)(C)C5CCC4(C)C2(C)CC3O)C(OC2OC(C)C(OC3OCC(O)C(OC4OCC(O)C(O)C4O)C3O)C(O)C2OC2OC(CO)C(O)C(O)C2O)C(O)C1O. The first-order valence-electron chi connectivity index (χ1n) is 43.6. The number of carbonyl (C=O) groups excluding carboxylic acids is 2. The molecule has 13 aliphatic rings. The van der Waals surface area contributed by atoms with Crippen molar-refractivity contribution in [2.75, 3.05) is 46.2 Å². The van der Waals surface area contributed by atoms with Gasteiger partial charge in [-0.15, -0.1) is 6.58 Å². The highest BCUT2D eigenvalue weighted by Crippen LogP contribution is 2.76. The molecule has 46 atom stereocenters. The van der Waals surface area contributed by atoms with Crippen LogP contribution in [-0.2, 0) is 90.1 Å². The number of hydrogen-bond acceptors (Lipinski definition) is 41. The number of esters is 2. The third kappa shape index (κ3) is 18.9. The minimum Gasteiger partial charge on any atom is -0.459 e. The molecule has 8 heterocycles. The highest BCUT2D eigenvalue weighted by Gasteiger charge is 2.73. The molecule has 12 fully saturated rings. The fourth-order valence-electron chi connectivity index (χ4n) is 22.3. The van der Waals surface area contributed by atoms with Gasteiger partial charge in [-0.3, -0.25) is 4.79 Å². The number of ether oxygens (including phenoxy) is 17. The maximum absolute atomic E-state index is 16.4. The van der Waals surface area contributed by atoms with Crippen molar-refractivity contribution in [1.29, 1.82) is 0 Å². The molecule has 0 amide bonds. The van der Waals surface area contributed by atoms with Crippen LogP contribution in [0.1, 0.15) is 140 Å². The molecule has 0 radical (unpaired) electrons. The lowest BCUT2D eigenvalue weighted by atomic mass is 9.33. The topological polar surface area (TPSA) is 636 Å². The third-order valence-corrected chi connectivity index (χ3v) is 30.3. The van der Waals surface area contributed by atoms with Gasteiger partial charge in [0.05, 0.1) is 63.6 Å². The first-order valence-corrected chi connectivity index (χ1v) is 43.6. The number of aliphatic hydroxyl groups excluding tert-OH is 21. The summed E-state index contributed by atoms with van der Waals surface area (Å²) in [7, 11) is 0.